The Kier molecular flexibility index (Phi) is 4.48. The number of ketones is 1. The molecule has 0 saturated heterocycles. The number of carbonyl (C=O) groups excluding carboxylic acids is 1. The second-order valence-electron chi connectivity index (χ2n) is 7.20. The Hall–Kier alpha value is -3.39. The third-order valence-electron chi connectivity index (χ3n) is 5.41. The lowest BCUT2D eigenvalue weighted by atomic mass is 9.75. The average molecular weight is 373 g/mol. The maximum Gasteiger partial charge on any atom is 0.161 e. The highest BCUT2D eigenvalue weighted by Crippen LogP contribution is 2.46. The topological polar surface area (TPSA) is 70.1 Å². The van der Waals surface area contributed by atoms with Gasteiger partial charge in [-0.05, 0) is 49.6 Å². The van der Waals surface area contributed by atoms with Crippen molar-refractivity contribution in [3.8, 4) is 6.07 Å². The van der Waals surface area contributed by atoms with Crippen molar-refractivity contribution in [2.24, 2.45) is 5.73 Å². The molecule has 1 aliphatic heterocycles. The van der Waals surface area contributed by atoms with Crippen molar-refractivity contribution in [2.45, 2.75) is 32.1 Å². The van der Waals surface area contributed by atoms with Crippen molar-refractivity contribution < 1.29 is 9.18 Å². The molecule has 1 aliphatic carbocycles. The summed E-state index contributed by atoms with van der Waals surface area (Å²) in [7, 11) is 0. The van der Waals surface area contributed by atoms with E-state index in [0.29, 0.717) is 35.5 Å². The molecule has 4 nitrogen and oxygen atoms in total. The first kappa shape index (κ1) is 18.0. The molecule has 0 amide bonds. The van der Waals surface area contributed by atoms with E-state index < -0.39 is 5.92 Å². The van der Waals surface area contributed by atoms with Crippen molar-refractivity contribution >= 4 is 11.5 Å². The zero-order valence-electron chi connectivity index (χ0n) is 15.6. The van der Waals surface area contributed by atoms with Gasteiger partial charge in [-0.15, -0.1) is 0 Å². The van der Waals surface area contributed by atoms with Crippen LogP contribution in [0.5, 0.6) is 0 Å². The first-order chi connectivity index (χ1) is 13.5. The fourth-order valence-corrected chi connectivity index (χ4v) is 4.06. The predicted octanol–water partition coefficient (Wildman–Crippen LogP) is 4.44. The highest BCUT2D eigenvalue weighted by Gasteiger charge is 2.40. The summed E-state index contributed by atoms with van der Waals surface area (Å²) >= 11 is 0. The van der Waals surface area contributed by atoms with Crippen LogP contribution in [-0.2, 0) is 4.79 Å². The van der Waals surface area contributed by atoms with Gasteiger partial charge in [0.2, 0.25) is 0 Å². The molecule has 0 saturated carbocycles. The number of benzene rings is 2. The number of rotatable bonds is 2. The average Bonchev–Trinajstić information content (AvgIpc) is 2.69. The zero-order chi connectivity index (χ0) is 19.8. The van der Waals surface area contributed by atoms with E-state index in [1.54, 1.807) is 17.0 Å². The van der Waals surface area contributed by atoms with Crippen molar-refractivity contribution in [3.63, 3.8) is 0 Å². The lowest BCUT2D eigenvalue weighted by Crippen LogP contribution is -2.38. The maximum absolute atomic E-state index is 13.4. The minimum absolute atomic E-state index is 0.0409. The molecule has 4 rings (SSSR count). The van der Waals surface area contributed by atoms with E-state index in [1.807, 2.05) is 31.2 Å². The van der Waals surface area contributed by atoms with Crippen LogP contribution in [0.4, 0.5) is 10.1 Å². The minimum atomic E-state index is -0.468. The van der Waals surface area contributed by atoms with E-state index in [0.717, 1.165) is 23.2 Å². The van der Waals surface area contributed by atoms with Crippen LogP contribution in [0.3, 0.4) is 0 Å². The van der Waals surface area contributed by atoms with Gasteiger partial charge < -0.3 is 5.73 Å². The summed E-state index contributed by atoms with van der Waals surface area (Å²) < 4.78 is 13.4. The number of hydrogen-bond acceptors (Lipinski definition) is 4. The molecule has 140 valence electrons. The number of nitrogens with two attached hydrogens (primary N) is 1. The summed E-state index contributed by atoms with van der Waals surface area (Å²) in [5, 5.41) is 9.92. The normalized spacial score (nSPS) is 19.5. The molecule has 1 heterocycles. The van der Waals surface area contributed by atoms with Crippen LogP contribution >= 0.6 is 0 Å². The van der Waals surface area contributed by atoms with Gasteiger partial charge in [0, 0.05) is 23.4 Å². The number of carbonyl (C=O) groups is 1. The molecule has 0 fully saturated rings. The van der Waals surface area contributed by atoms with Gasteiger partial charge in [0.15, 0.2) is 5.78 Å². The zero-order valence-corrected chi connectivity index (χ0v) is 15.6. The molecule has 2 aliphatic rings. The molecule has 2 aromatic rings. The third kappa shape index (κ3) is 2.87. The Morgan fingerprint density at radius 1 is 1.11 bits per heavy atom. The van der Waals surface area contributed by atoms with Crippen LogP contribution in [0.1, 0.15) is 36.3 Å². The summed E-state index contributed by atoms with van der Waals surface area (Å²) in [5.74, 6) is -0.479. The van der Waals surface area contributed by atoms with Crippen LogP contribution in [0.2, 0.25) is 0 Å². The Morgan fingerprint density at radius 2 is 1.79 bits per heavy atom. The number of anilines is 1. The highest BCUT2D eigenvalue weighted by atomic mass is 19.1. The quantitative estimate of drug-likeness (QED) is 0.845. The Bertz CT molecular complexity index is 1040. The molecule has 28 heavy (non-hydrogen) atoms. The first-order valence-electron chi connectivity index (χ1n) is 9.29. The van der Waals surface area contributed by atoms with Crippen molar-refractivity contribution in [1.29, 1.82) is 5.26 Å². The fourth-order valence-electron chi connectivity index (χ4n) is 4.06. The maximum atomic E-state index is 13.4. The fraction of sp³-hybridized carbons (Fsp3) is 0.217. The van der Waals surface area contributed by atoms with Crippen molar-refractivity contribution in [1.82, 2.24) is 0 Å². The number of allylic oxidation sites excluding steroid dienone is 3. The predicted molar refractivity (Wildman–Crippen MR) is 106 cm³/mol. The molecule has 0 bridgehead atoms. The monoisotopic (exact) mass is 373 g/mol. The summed E-state index contributed by atoms with van der Waals surface area (Å²) in [5.41, 5.74) is 10.9. The second kappa shape index (κ2) is 6.97. The number of aryl methyl sites for hydroxylation is 1. The van der Waals surface area contributed by atoms with E-state index in [9.17, 15) is 14.4 Å². The van der Waals surface area contributed by atoms with Crippen molar-refractivity contribution in [2.75, 3.05) is 4.90 Å². The van der Waals surface area contributed by atoms with Gasteiger partial charge in [-0.25, -0.2) is 4.39 Å². The molecule has 1 atom stereocenters. The van der Waals surface area contributed by atoms with Gasteiger partial charge in [0.25, 0.3) is 0 Å². The molecule has 2 aromatic carbocycles. The summed E-state index contributed by atoms with van der Waals surface area (Å²) in [6.07, 6.45) is 1.86. The first-order valence-corrected chi connectivity index (χ1v) is 9.29. The van der Waals surface area contributed by atoms with E-state index >= 15 is 0 Å². The summed E-state index contributed by atoms with van der Waals surface area (Å²) in [4.78, 5) is 14.7. The second-order valence-corrected chi connectivity index (χ2v) is 7.20. The molecule has 2 N–H and O–H groups in total. The Balaban J connectivity index is 1.95. The van der Waals surface area contributed by atoms with Crippen molar-refractivity contribution in [3.05, 3.63) is 88.1 Å². The van der Waals surface area contributed by atoms with Gasteiger partial charge in [-0.1, -0.05) is 29.8 Å². The van der Waals surface area contributed by atoms with E-state index in [-0.39, 0.29) is 11.6 Å². The van der Waals surface area contributed by atoms with Gasteiger partial charge >= 0.3 is 0 Å². The molecule has 0 aromatic heterocycles. The molecule has 5 heteroatoms. The number of halogens is 1. The molecule has 0 unspecified atom stereocenters. The third-order valence-corrected chi connectivity index (χ3v) is 5.41. The van der Waals surface area contributed by atoms with Crippen LogP contribution in [0.15, 0.2) is 71.2 Å². The number of hydrogen-bond donors (Lipinski definition) is 1. The van der Waals surface area contributed by atoms with E-state index in [1.165, 1.54) is 12.1 Å². The van der Waals surface area contributed by atoms with Gasteiger partial charge in [-0.3, -0.25) is 9.69 Å². The summed E-state index contributed by atoms with van der Waals surface area (Å²) in [6, 6.07) is 16.0. The molecular weight excluding hydrogens is 353 g/mol. The van der Waals surface area contributed by atoms with E-state index in [4.69, 9.17) is 5.73 Å². The van der Waals surface area contributed by atoms with Gasteiger partial charge in [0.1, 0.15) is 11.6 Å². The lowest BCUT2D eigenvalue weighted by molar-refractivity contribution is -0.116. The number of nitrogens with zero attached hydrogens (tertiary/aromatic N) is 2. The van der Waals surface area contributed by atoms with Crippen LogP contribution in [0, 0.1) is 24.1 Å². The lowest BCUT2D eigenvalue weighted by Gasteiger charge is -2.39. The molecule has 0 radical (unpaired) electrons. The van der Waals surface area contributed by atoms with Gasteiger partial charge in [-0.2, -0.15) is 5.26 Å². The molecular formula is C23H20FN3O. The van der Waals surface area contributed by atoms with Crippen LogP contribution in [-0.4, -0.2) is 5.78 Å². The van der Waals surface area contributed by atoms with Crippen LogP contribution in [0.25, 0.3) is 0 Å². The van der Waals surface area contributed by atoms with Gasteiger partial charge in [0.05, 0.1) is 17.6 Å². The number of Topliss-reactive ketones (excluding diaryl/α,β-unsaturated/α-hetero) is 1. The SMILES string of the molecule is Cc1ccc([C@H]2C(C#N)=C(N)N(c3ccc(F)cc3)C3=C2C(=O)CCC3)cc1. The number of nitriles is 1. The minimum Gasteiger partial charge on any atom is -0.384 e. The standard InChI is InChI=1S/C23H20FN3O/c1-14-5-7-15(8-6-14)21-18(13-25)23(26)27(17-11-9-16(24)10-12-17)19-3-2-4-20(28)22(19)21/h5-12,21H,2-4,26H2,1H3/t21-/m0/s1. The summed E-state index contributed by atoms with van der Waals surface area (Å²) in [6.45, 7) is 1.99. The smallest absolute Gasteiger partial charge is 0.161 e. The Labute approximate surface area is 163 Å². The van der Waals surface area contributed by atoms with E-state index in [2.05, 4.69) is 6.07 Å². The molecule has 0 spiro atoms. The Morgan fingerprint density at radius 3 is 2.43 bits per heavy atom. The largest absolute Gasteiger partial charge is 0.384 e. The van der Waals surface area contributed by atoms with Crippen LogP contribution < -0.4 is 10.6 Å². The highest BCUT2D eigenvalue weighted by molar-refractivity contribution is 6.01.